The largest absolute Gasteiger partial charge is 0.306 e. The summed E-state index contributed by atoms with van der Waals surface area (Å²) in [6, 6.07) is 66.3. The fraction of sp³-hybridized carbons (Fsp3) is 0.0182. The minimum absolute atomic E-state index is 0.320. The van der Waals surface area contributed by atoms with Crippen molar-refractivity contribution in [3.63, 3.8) is 0 Å². The van der Waals surface area contributed by atoms with Gasteiger partial charge in [0.1, 0.15) is 23.8 Å². The summed E-state index contributed by atoms with van der Waals surface area (Å²) in [6.07, 6.45) is 0. The molecule has 1 spiro atoms. The van der Waals surface area contributed by atoms with Crippen molar-refractivity contribution in [1.82, 2.24) is 0 Å². The summed E-state index contributed by atoms with van der Waals surface area (Å²) in [5.41, 5.74) is 11.6. The Morgan fingerprint density at radius 2 is 0.852 bits per heavy atom. The fourth-order valence-electron chi connectivity index (χ4n) is 9.89. The first kappa shape index (κ1) is 35.8. The molecule has 0 amide bonds. The highest BCUT2D eigenvalue weighted by Gasteiger charge is 2.50. The maximum Gasteiger partial charge on any atom is 0.147 e. The molecule has 61 heavy (non-hydrogen) atoms. The van der Waals surface area contributed by atoms with Crippen LogP contribution < -0.4 is 9.80 Å². The molecular weight excluding hydrogens is 755 g/mol. The van der Waals surface area contributed by atoms with E-state index in [-0.39, 0.29) is 0 Å². The van der Waals surface area contributed by atoms with Crippen molar-refractivity contribution in [2.45, 2.75) is 5.41 Å². The minimum Gasteiger partial charge on any atom is -0.306 e. The van der Waals surface area contributed by atoms with Crippen LogP contribution in [0.5, 0.6) is 0 Å². The lowest BCUT2D eigenvalue weighted by molar-refractivity contribution is 0.628. The number of nitrogens with zero attached hydrogens (tertiary/aromatic N) is 4. The summed E-state index contributed by atoms with van der Waals surface area (Å²) in [5, 5.41) is 22.6. The molecule has 4 nitrogen and oxygen atoms in total. The van der Waals surface area contributed by atoms with Crippen LogP contribution in [0.4, 0.5) is 42.9 Å². The van der Waals surface area contributed by atoms with Gasteiger partial charge in [0.25, 0.3) is 0 Å². The van der Waals surface area contributed by atoms with E-state index in [0.29, 0.717) is 39.6 Å². The summed E-state index contributed by atoms with van der Waals surface area (Å²) in [6.45, 7) is 0. The summed E-state index contributed by atoms with van der Waals surface area (Å²) < 4.78 is 32.2. The molecule has 0 bridgehead atoms. The number of fused-ring (bicyclic) bond motifs is 9. The van der Waals surface area contributed by atoms with Crippen LogP contribution >= 0.6 is 0 Å². The van der Waals surface area contributed by atoms with Crippen molar-refractivity contribution < 1.29 is 8.78 Å². The van der Waals surface area contributed by atoms with E-state index < -0.39 is 17.0 Å². The Kier molecular flexibility index (Phi) is 8.17. The molecule has 286 valence electrons. The smallest absolute Gasteiger partial charge is 0.147 e. The molecule has 6 heteroatoms. The molecule has 0 aromatic heterocycles. The number of nitriles is 2. The summed E-state index contributed by atoms with van der Waals surface area (Å²) in [5.74, 6) is -0.833. The van der Waals surface area contributed by atoms with Gasteiger partial charge in [0, 0.05) is 11.1 Å². The van der Waals surface area contributed by atoms with Crippen molar-refractivity contribution in [3.8, 4) is 34.4 Å². The Bertz CT molecular complexity index is 3310. The average Bonchev–Trinajstić information content (AvgIpc) is 3.61. The number of hydrogen-bond acceptors (Lipinski definition) is 4. The molecule has 0 radical (unpaired) electrons. The van der Waals surface area contributed by atoms with Crippen molar-refractivity contribution in [2.24, 2.45) is 0 Å². The Hall–Kier alpha value is -8.32. The highest BCUT2D eigenvalue weighted by molar-refractivity contribution is 6.13. The number of anilines is 6. The molecule has 0 saturated carbocycles. The van der Waals surface area contributed by atoms with Crippen molar-refractivity contribution in [2.75, 3.05) is 9.80 Å². The summed E-state index contributed by atoms with van der Waals surface area (Å²) in [4.78, 5) is 3.70. The van der Waals surface area contributed by atoms with Gasteiger partial charge in [-0.1, -0.05) is 127 Å². The second kappa shape index (κ2) is 13.9. The van der Waals surface area contributed by atoms with Gasteiger partial charge in [-0.25, -0.2) is 8.78 Å². The maximum absolute atomic E-state index is 16.1. The Labute approximate surface area is 351 Å². The molecule has 0 atom stereocenters. The SMILES string of the molecule is N#Cc1ccccc1N(c1ccc2c(c1)C1(c3ccccc3-c3ccccc31)c1cccc3c(N(c4ccccc4F)c4ccccc4C#N)ccc-2c13)c1ccccc1F. The van der Waals surface area contributed by atoms with Gasteiger partial charge in [-0.05, 0) is 117 Å². The number of halogens is 2. The summed E-state index contributed by atoms with van der Waals surface area (Å²) >= 11 is 0. The van der Waals surface area contributed by atoms with E-state index in [9.17, 15) is 10.5 Å². The number of para-hydroxylation sites is 4. The van der Waals surface area contributed by atoms with Crippen molar-refractivity contribution >= 4 is 44.9 Å². The lowest BCUT2D eigenvalue weighted by Gasteiger charge is -2.41. The lowest BCUT2D eigenvalue weighted by Crippen LogP contribution is -2.32. The predicted molar refractivity (Wildman–Crippen MR) is 239 cm³/mol. The molecule has 2 aliphatic carbocycles. The monoisotopic (exact) mass is 786 g/mol. The third-order valence-corrected chi connectivity index (χ3v) is 12.3. The van der Waals surface area contributed by atoms with Gasteiger partial charge in [0.2, 0.25) is 0 Å². The topological polar surface area (TPSA) is 54.1 Å². The molecule has 2 aliphatic rings. The molecule has 11 rings (SSSR count). The van der Waals surface area contributed by atoms with Gasteiger partial charge in [-0.2, -0.15) is 10.5 Å². The standard InChI is InChI=1S/C55H32F2N4/c56-47-22-7-11-26-52(47)60(49-24-9-1-14-35(49)33-58)37-28-29-40-41-30-31-51(61(53-27-12-8-23-48(53)57)50-25-10-2-15-36(50)34-59)42-18-13-21-45(54(41)42)55(46(40)32-37)43-19-5-3-16-38(43)39-17-4-6-20-44(39)55/h1-32H. The molecule has 9 aromatic carbocycles. The third-order valence-electron chi connectivity index (χ3n) is 12.3. The molecule has 0 N–H and O–H groups in total. The summed E-state index contributed by atoms with van der Waals surface area (Å²) in [7, 11) is 0. The zero-order valence-electron chi connectivity index (χ0n) is 32.5. The quantitative estimate of drug-likeness (QED) is 0.168. The van der Waals surface area contributed by atoms with Crippen LogP contribution in [0, 0.1) is 34.3 Å². The Morgan fingerprint density at radius 1 is 0.377 bits per heavy atom. The first-order valence-electron chi connectivity index (χ1n) is 20.0. The van der Waals surface area contributed by atoms with Crippen LogP contribution in [-0.2, 0) is 5.41 Å². The predicted octanol–water partition coefficient (Wildman–Crippen LogP) is 14.1. The van der Waals surface area contributed by atoms with Crippen LogP contribution in [0.1, 0.15) is 33.4 Å². The van der Waals surface area contributed by atoms with E-state index in [4.69, 9.17) is 0 Å². The van der Waals surface area contributed by atoms with Crippen molar-refractivity contribution in [1.29, 1.82) is 10.5 Å². The zero-order valence-corrected chi connectivity index (χ0v) is 32.5. The van der Waals surface area contributed by atoms with Gasteiger partial charge in [-0.3, -0.25) is 0 Å². The average molecular weight is 787 g/mol. The van der Waals surface area contributed by atoms with Crippen LogP contribution in [0.25, 0.3) is 33.0 Å². The first-order chi connectivity index (χ1) is 30.0. The Morgan fingerprint density at radius 3 is 1.46 bits per heavy atom. The van der Waals surface area contributed by atoms with E-state index in [0.717, 1.165) is 61.0 Å². The second-order valence-electron chi connectivity index (χ2n) is 15.3. The normalized spacial score (nSPS) is 12.5. The van der Waals surface area contributed by atoms with Gasteiger partial charge in [0.05, 0.1) is 45.0 Å². The third kappa shape index (κ3) is 5.13. The molecular formula is C55H32F2N4. The van der Waals surface area contributed by atoms with Crippen LogP contribution in [0.15, 0.2) is 194 Å². The molecule has 0 saturated heterocycles. The highest BCUT2D eigenvalue weighted by Crippen LogP contribution is 2.63. The zero-order chi connectivity index (χ0) is 41.2. The van der Waals surface area contributed by atoms with Gasteiger partial charge in [0.15, 0.2) is 0 Å². The van der Waals surface area contributed by atoms with E-state index >= 15 is 8.78 Å². The van der Waals surface area contributed by atoms with E-state index in [1.807, 2.05) is 58.3 Å². The van der Waals surface area contributed by atoms with Gasteiger partial charge < -0.3 is 9.80 Å². The second-order valence-corrected chi connectivity index (χ2v) is 15.3. The van der Waals surface area contributed by atoms with E-state index in [1.165, 1.54) is 12.1 Å². The van der Waals surface area contributed by atoms with Gasteiger partial charge >= 0.3 is 0 Å². The molecule has 0 aliphatic heterocycles. The molecule has 0 unspecified atom stereocenters. The van der Waals surface area contributed by atoms with E-state index in [2.05, 4.69) is 97.1 Å². The number of benzene rings is 9. The maximum atomic E-state index is 16.1. The number of hydrogen-bond donors (Lipinski definition) is 0. The Balaban J connectivity index is 1.27. The fourth-order valence-corrected chi connectivity index (χ4v) is 9.89. The van der Waals surface area contributed by atoms with E-state index in [1.54, 1.807) is 48.5 Å². The molecule has 9 aromatic rings. The minimum atomic E-state index is -0.854. The lowest BCUT2D eigenvalue weighted by atomic mass is 9.61. The van der Waals surface area contributed by atoms with Crippen molar-refractivity contribution in [3.05, 3.63) is 239 Å². The highest BCUT2D eigenvalue weighted by atomic mass is 19.1. The molecule has 0 heterocycles. The first-order valence-corrected chi connectivity index (χ1v) is 20.0. The van der Waals surface area contributed by atoms with Crippen LogP contribution in [0.2, 0.25) is 0 Å². The van der Waals surface area contributed by atoms with Gasteiger partial charge in [-0.15, -0.1) is 0 Å². The van der Waals surface area contributed by atoms with Crippen LogP contribution in [0.3, 0.4) is 0 Å². The number of rotatable bonds is 6. The molecule has 0 fully saturated rings. The van der Waals surface area contributed by atoms with Crippen LogP contribution in [-0.4, -0.2) is 0 Å².